The van der Waals surface area contributed by atoms with E-state index in [2.05, 4.69) is 6.92 Å². The summed E-state index contributed by atoms with van der Waals surface area (Å²) in [6.07, 6.45) is 0.937. The van der Waals surface area contributed by atoms with Crippen LogP contribution in [0.1, 0.15) is 72.6 Å². The zero-order valence-electron chi connectivity index (χ0n) is 25.7. The standard InChI is InChI=1S/C32H46O11/c1-16-25(35)27(39-5)26(36)28(41-16)43-19-6-9-29(3)21(13-19)22(42-17(2)33)14-31(37)23(29)8-10-30(4)20(7-11-32(30,31)38)18-12-24(34)40-15-18/h12-13,16,19-20,22-23,25-28,35-38H,6-11,14-15H2,1-5H3/t16-,19+,20-,22+,23-,25+,26-,27+,28+,29+,30-,31+,32-/m1/s1. The van der Waals surface area contributed by atoms with Gasteiger partial charge in [0, 0.05) is 31.9 Å². The van der Waals surface area contributed by atoms with E-state index >= 15 is 0 Å². The lowest BCUT2D eigenvalue weighted by molar-refractivity contribution is -0.307. The second-order valence-electron chi connectivity index (χ2n) is 14.2. The molecular weight excluding hydrogens is 560 g/mol. The number of aliphatic hydroxyl groups excluding tert-OH is 2. The molecule has 43 heavy (non-hydrogen) atoms. The molecule has 11 nitrogen and oxygen atoms in total. The monoisotopic (exact) mass is 606 g/mol. The summed E-state index contributed by atoms with van der Waals surface area (Å²) >= 11 is 0. The van der Waals surface area contributed by atoms with Gasteiger partial charge in [0.25, 0.3) is 0 Å². The van der Waals surface area contributed by atoms with E-state index in [1.165, 1.54) is 20.1 Å². The fourth-order valence-corrected chi connectivity index (χ4v) is 9.93. The molecule has 4 aliphatic carbocycles. The molecule has 1 saturated heterocycles. The molecule has 2 heterocycles. The molecule has 4 N–H and O–H groups in total. The van der Waals surface area contributed by atoms with Gasteiger partial charge in [-0.2, -0.15) is 0 Å². The van der Waals surface area contributed by atoms with Crippen molar-refractivity contribution in [2.24, 2.45) is 22.7 Å². The number of cyclic esters (lactones) is 1. The Balaban J connectivity index is 1.32. The highest BCUT2D eigenvalue weighted by Gasteiger charge is 2.75. The third-order valence-corrected chi connectivity index (χ3v) is 12.1. The molecule has 0 amide bonds. The Kier molecular flexibility index (Phi) is 7.68. The lowest BCUT2D eigenvalue weighted by Gasteiger charge is -2.66. The van der Waals surface area contributed by atoms with Gasteiger partial charge in [-0.05, 0) is 73.8 Å². The third-order valence-electron chi connectivity index (χ3n) is 12.1. The lowest BCUT2D eigenvalue weighted by Crippen LogP contribution is -2.73. The smallest absolute Gasteiger partial charge is 0.331 e. The van der Waals surface area contributed by atoms with Crippen LogP contribution in [0.5, 0.6) is 0 Å². The van der Waals surface area contributed by atoms with Crippen LogP contribution in [-0.2, 0) is 33.3 Å². The number of aliphatic hydroxyl groups is 4. The number of esters is 2. The number of hydrogen-bond acceptors (Lipinski definition) is 11. The molecule has 0 aromatic carbocycles. The van der Waals surface area contributed by atoms with Crippen molar-refractivity contribution >= 4 is 11.9 Å². The average Bonchev–Trinajstić information content (AvgIpc) is 3.48. The minimum absolute atomic E-state index is 0.0379. The molecule has 2 aliphatic heterocycles. The van der Waals surface area contributed by atoms with Gasteiger partial charge in [0.1, 0.15) is 36.6 Å². The summed E-state index contributed by atoms with van der Waals surface area (Å²) in [6.45, 7) is 7.33. The van der Waals surface area contributed by atoms with Crippen LogP contribution >= 0.6 is 0 Å². The Morgan fingerprint density at radius 3 is 2.47 bits per heavy atom. The lowest BCUT2D eigenvalue weighted by atomic mass is 9.42. The Labute approximate surface area is 252 Å². The Bertz CT molecular complexity index is 1220. The first-order valence-electron chi connectivity index (χ1n) is 15.6. The van der Waals surface area contributed by atoms with Crippen LogP contribution in [0, 0.1) is 22.7 Å². The van der Waals surface area contributed by atoms with Gasteiger partial charge in [-0.15, -0.1) is 0 Å². The van der Waals surface area contributed by atoms with Gasteiger partial charge in [-0.3, -0.25) is 4.79 Å². The predicted octanol–water partition coefficient (Wildman–Crippen LogP) is 1.69. The molecule has 0 spiro atoms. The summed E-state index contributed by atoms with van der Waals surface area (Å²) in [4.78, 5) is 24.3. The van der Waals surface area contributed by atoms with Crippen LogP contribution in [0.4, 0.5) is 0 Å². The number of methoxy groups -OCH3 is 1. The first-order chi connectivity index (χ1) is 20.2. The van der Waals surface area contributed by atoms with E-state index in [0.717, 1.165) is 11.1 Å². The summed E-state index contributed by atoms with van der Waals surface area (Å²) in [7, 11) is 1.42. The summed E-state index contributed by atoms with van der Waals surface area (Å²) in [5.41, 5.74) is -2.59. The van der Waals surface area contributed by atoms with Crippen LogP contribution in [-0.4, -0.2) is 100 Å². The summed E-state index contributed by atoms with van der Waals surface area (Å²) in [5, 5.41) is 46.6. The van der Waals surface area contributed by atoms with Crippen molar-refractivity contribution in [2.45, 2.75) is 127 Å². The third kappa shape index (κ3) is 4.48. The number of rotatable bonds is 5. The zero-order valence-corrected chi connectivity index (χ0v) is 25.7. The van der Waals surface area contributed by atoms with E-state index in [9.17, 15) is 30.0 Å². The maximum Gasteiger partial charge on any atom is 0.331 e. The highest BCUT2D eigenvalue weighted by atomic mass is 16.7. The molecule has 240 valence electrons. The van der Waals surface area contributed by atoms with E-state index in [-0.39, 0.29) is 30.8 Å². The highest BCUT2D eigenvalue weighted by Crippen LogP contribution is 2.71. The quantitative estimate of drug-likeness (QED) is 0.266. The molecule has 13 atom stereocenters. The Morgan fingerprint density at radius 2 is 1.81 bits per heavy atom. The molecule has 4 fully saturated rings. The molecule has 3 saturated carbocycles. The maximum atomic E-state index is 12.7. The van der Waals surface area contributed by atoms with Gasteiger partial charge in [-0.25, -0.2) is 4.79 Å². The normalized spacial score (nSPS) is 51.0. The van der Waals surface area contributed by atoms with Crippen LogP contribution in [0.15, 0.2) is 23.3 Å². The van der Waals surface area contributed by atoms with Crippen molar-refractivity contribution in [3.05, 3.63) is 23.3 Å². The number of ether oxygens (including phenoxy) is 5. The molecular formula is C32H46O11. The molecule has 0 aromatic rings. The van der Waals surface area contributed by atoms with Gasteiger partial charge in [-0.1, -0.05) is 19.9 Å². The first-order valence-corrected chi connectivity index (χ1v) is 15.6. The average molecular weight is 607 g/mol. The Morgan fingerprint density at radius 1 is 1.07 bits per heavy atom. The van der Waals surface area contributed by atoms with E-state index in [0.29, 0.717) is 38.5 Å². The topological polar surface area (TPSA) is 161 Å². The summed E-state index contributed by atoms with van der Waals surface area (Å²) in [6, 6.07) is 0. The van der Waals surface area contributed by atoms with Crippen molar-refractivity contribution in [3.63, 3.8) is 0 Å². The van der Waals surface area contributed by atoms with Crippen LogP contribution in [0.2, 0.25) is 0 Å². The van der Waals surface area contributed by atoms with Gasteiger partial charge in [0.2, 0.25) is 0 Å². The SMILES string of the molecule is CO[C@H]1[C@@H](O)[C@@H](C)O[C@@H](O[C@@H]2C=C3[C@@H](OC(C)=O)C[C@]4(O)[C@H](CC[C@]5(C)[C@@H](C6=CC(=O)OC6)CC[C@@]54O)[C@@]3(C)CC2)[C@@H]1O. The van der Waals surface area contributed by atoms with Crippen LogP contribution < -0.4 is 0 Å². The number of carbonyl (C=O) groups excluding carboxylic acids is 2. The summed E-state index contributed by atoms with van der Waals surface area (Å²) < 4.78 is 28.5. The fraction of sp³-hybridized carbons (Fsp3) is 0.812. The van der Waals surface area contributed by atoms with Crippen molar-refractivity contribution < 1.29 is 53.7 Å². The molecule has 0 radical (unpaired) electrons. The number of hydrogen-bond donors (Lipinski definition) is 4. The summed E-state index contributed by atoms with van der Waals surface area (Å²) in [5.74, 6) is -1.27. The Hall–Kier alpha value is -1.86. The molecule has 6 aliphatic rings. The number of fused-ring (bicyclic) bond motifs is 5. The van der Waals surface area contributed by atoms with Crippen molar-refractivity contribution in [3.8, 4) is 0 Å². The van der Waals surface area contributed by atoms with Crippen molar-refractivity contribution in [1.29, 1.82) is 0 Å². The van der Waals surface area contributed by atoms with Crippen molar-refractivity contribution in [1.82, 2.24) is 0 Å². The van der Waals surface area contributed by atoms with Crippen LogP contribution in [0.25, 0.3) is 0 Å². The second kappa shape index (κ2) is 10.6. The first kappa shape index (κ1) is 31.1. The highest BCUT2D eigenvalue weighted by molar-refractivity contribution is 5.85. The van der Waals surface area contributed by atoms with Gasteiger partial charge in [0.05, 0.1) is 17.8 Å². The van der Waals surface area contributed by atoms with E-state index in [4.69, 9.17) is 23.7 Å². The van der Waals surface area contributed by atoms with E-state index < -0.39 is 70.9 Å². The predicted molar refractivity (Wildman–Crippen MR) is 150 cm³/mol. The largest absolute Gasteiger partial charge is 0.458 e. The number of carbonyl (C=O) groups is 2. The minimum atomic E-state index is -1.54. The second-order valence-corrected chi connectivity index (χ2v) is 14.2. The van der Waals surface area contributed by atoms with Gasteiger partial charge < -0.3 is 44.1 Å². The molecule has 11 heteroatoms. The maximum absolute atomic E-state index is 12.7. The van der Waals surface area contributed by atoms with E-state index in [1.54, 1.807) is 6.92 Å². The zero-order chi connectivity index (χ0) is 31.1. The van der Waals surface area contributed by atoms with Crippen molar-refractivity contribution in [2.75, 3.05) is 13.7 Å². The molecule has 0 unspecified atom stereocenters. The van der Waals surface area contributed by atoms with Gasteiger partial charge >= 0.3 is 11.9 Å². The fourth-order valence-electron chi connectivity index (χ4n) is 9.93. The molecule has 6 rings (SSSR count). The van der Waals surface area contributed by atoms with Crippen LogP contribution in [0.3, 0.4) is 0 Å². The minimum Gasteiger partial charge on any atom is -0.458 e. The molecule has 0 aromatic heterocycles. The molecule has 0 bridgehead atoms. The van der Waals surface area contributed by atoms with E-state index in [1.807, 2.05) is 13.0 Å². The van der Waals surface area contributed by atoms with Gasteiger partial charge in [0.15, 0.2) is 6.29 Å².